The van der Waals surface area contributed by atoms with Crippen LogP contribution in [0.4, 0.5) is 11.6 Å². The van der Waals surface area contributed by atoms with Gasteiger partial charge in [-0.05, 0) is 24.3 Å². The predicted octanol–water partition coefficient (Wildman–Crippen LogP) is 2.80. The Morgan fingerprint density at radius 1 is 1.15 bits per heavy atom. The van der Waals surface area contributed by atoms with Crippen LogP contribution in [-0.4, -0.2) is 34.1 Å². The smallest absolute Gasteiger partial charge is 0.200 e. The zero-order chi connectivity index (χ0) is 18.8. The third kappa shape index (κ3) is 4.04. The molecule has 1 fully saturated rings. The summed E-state index contributed by atoms with van der Waals surface area (Å²) in [5.74, 6) is 0.586. The number of nitrogens with one attached hydrogen (secondary N) is 1. The van der Waals surface area contributed by atoms with E-state index >= 15 is 0 Å². The summed E-state index contributed by atoms with van der Waals surface area (Å²) in [6, 6.07) is 12.9. The quantitative estimate of drug-likeness (QED) is 0.652. The van der Waals surface area contributed by atoms with Gasteiger partial charge in [0.2, 0.25) is 0 Å². The summed E-state index contributed by atoms with van der Waals surface area (Å²) in [5, 5.41) is 3.90. The summed E-state index contributed by atoms with van der Waals surface area (Å²) in [6.07, 6.45) is 0. The standard InChI is InChI=1S/C20H18BBrN2O3/c21-14-2-1-3-16(9-14)23-12-13-8-15(22)10-17-18(25)11-19(27-20(13)17)24-4-6-26-7-5-24/h1-3,8-11,23H,4-7,12H2. The highest BCUT2D eigenvalue weighted by Gasteiger charge is 2.17. The molecule has 0 aliphatic carbocycles. The van der Waals surface area contributed by atoms with E-state index in [1.54, 1.807) is 12.1 Å². The minimum absolute atomic E-state index is 0.0516. The molecule has 5 nitrogen and oxygen atoms in total. The first kappa shape index (κ1) is 18.1. The first-order chi connectivity index (χ1) is 13.1. The molecule has 1 aromatic heterocycles. The van der Waals surface area contributed by atoms with E-state index in [1.807, 2.05) is 35.2 Å². The number of morpholine rings is 1. The number of ether oxygens (including phenoxy) is 1. The van der Waals surface area contributed by atoms with Gasteiger partial charge in [0.05, 0.1) is 18.6 Å². The molecule has 3 aromatic rings. The second kappa shape index (κ2) is 7.78. The topological polar surface area (TPSA) is 54.7 Å². The predicted molar refractivity (Wildman–Crippen MR) is 112 cm³/mol. The number of rotatable bonds is 4. The first-order valence-corrected chi connectivity index (χ1v) is 9.58. The highest BCUT2D eigenvalue weighted by atomic mass is 79.9. The van der Waals surface area contributed by atoms with E-state index in [4.69, 9.17) is 17.0 Å². The van der Waals surface area contributed by atoms with Crippen LogP contribution in [0.25, 0.3) is 11.0 Å². The number of hydrogen-bond acceptors (Lipinski definition) is 5. The van der Waals surface area contributed by atoms with Gasteiger partial charge in [0.25, 0.3) is 0 Å². The van der Waals surface area contributed by atoms with E-state index in [-0.39, 0.29) is 5.43 Å². The van der Waals surface area contributed by atoms with Gasteiger partial charge in [-0.3, -0.25) is 4.79 Å². The molecule has 2 radical (unpaired) electrons. The Morgan fingerprint density at radius 3 is 2.74 bits per heavy atom. The number of benzene rings is 2. The lowest BCUT2D eigenvalue weighted by Crippen LogP contribution is -2.36. The Hall–Kier alpha value is -2.25. The summed E-state index contributed by atoms with van der Waals surface area (Å²) in [7, 11) is 5.84. The molecule has 1 N–H and O–H groups in total. The Balaban J connectivity index is 1.72. The summed E-state index contributed by atoms with van der Waals surface area (Å²) in [6.45, 7) is 3.19. The second-order valence-electron chi connectivity index (χ2n) is 6.47. The molecule has 0 bridgehead atoms. The molecule has 2 heterocycles. The summed E-state index contributed by atoms with van der Waals surface area (Å²) in [5.41, 5.74) is 3.05. The van der Waals surface area contributed by atoms with E-state index in [9.17, 15) is 4.79 Å². The van der Waals surface area contributed by atoms with E-state index < -0.39 is 0 Å². The maximum absolute atomic E-state index is 12.7. The molecule has 4 rings (SSSR count). The molecule has 1 aliphatic rings. The van der Waals surface area contributed by atoms with Gasteiger partial charge < -0.3 is 19.4 Å². The minimum Gasteiger partial charge on any atom is -0.440 e. The fraction of sp³-hybridized carbons (Fsp3) is 0.250. The average Bonchev–Trinajstić information content (AvgIpc) is 2.67. The van der Waals surface area contributed by atoms with Crippen LogP contribution in [-0.2, 0) is 11.3 Å². The zero-order valence-electron chi connectivity index (χ0n) is 14.7. The fourth-order valence-corrected chi connectivity index (χ4v) is 3.70. The first-order valence-electron chi connectivity index (χ1n) is 8.78. The van der Waals surface area contributed by atoms with Crippen LogP contribution >= 0.6 is 15.9 Å². The number of halogens is 1. The molecule has 0 atom stereocenters. The van der Waals surface area contributed by atoms with Crippen LogP contribution in [0, 0.1) is 0 Å². The number of nitrogens with zero attached hydrogens (tertiary/aromatic N) is 1. The average molecular weight is 425 g/mol. The highest BCUT2D eigenvalue weighted by Crippen LogP contribution is 2.27. The Kier molecular flexibility index (Phi) is 5.23. The molecular formula is C20H18BBrN2O3. The van der Waals surface area contributed by atoms with Gasteiger partial charge in [-0.1, -0.05) is 33.5 Å². The maximum Gasteiger partial charge on any atom is 0.200 e. The molecule has 0 spiro atoms. The fourth-order valence-electron chi connectivity index (χ4n) is 3.19. The molecule has 7 heteroatoms. The Labute approximate surface area is 166 Å². The number of anilines is 2. The molecule has 136 valence electrons. The van der Waals surface area contributed by atoms with Gasteiger partial charge >= 0.3 is 0 Å². The van der Waals surface area contributed by atoms with Crippen LogP contribution in [0.3, 0.4) is 0 Å². The minimum atomic E-state index is -0.0516. The lowest BCUT2D eigenvalue weighted by molar-refractivity contribution is 0.121. The third-order valence-electron chi connectivity index (χ3n) is 4.55. The molecule has 0 unspecified atom stereocenters. The Bertz CT molecular complexity index is 1030. The molecule has 1 aliphatic heterocycles. The van der Waals surface area contributed by atoms with Crippen LogP contribution in [0.2, 0.25) is 0 Å². The van der Waals surface area contributed by atoms with Crippen LogP contribution in [0.1, 0.15) is 5.56 Å². The van der Waals surface area contributed by atoms with Crippen molar-refractivity contribution >= 4 is 51.8 Å². The van der Waals surface area contributed by atoms with Crippen molar-refractivity contribution in [3.05, 3.63) is 62.7 Å². The van der Waals surface area contributed by atoms with Gasteiger partial charge in [0, 0.05) is 41.4 Å². The largest absolute Gasteiger partial charge is 0.440 e. The number of fused-ring (bicyclic) bond motifs is 1. The molecular weight excluding hydrogens is 407 g/mol. The van der Waals surface area contributed by atoms with Gasteiger partial charge in [0.1, 0.15) is 13.4 Å². The van der Waals surface area contributed by atoms with E-state index in [0.29, 0.717) is 55.2 Å². The van der Waals surface area contributed by atoms with Crippen molar-refractivity contribution < 1.29 is 9.15 Å². The maximum atomic E-state index is 12.7. The van der Waals surface area contributed by atoms with Crippen molar-refractivity contribution in [1.29, 1.82) is 0 Å². The lowest BCUT2D eigenvalue weighted by Gasteiger charge is -2.27. The van der Waals surface area contributed by atoms with Crippen LogP contribution < -0.4 is 21.1 Å². The van der Waals surface area contributed by atoms with Crippen molar-refractivity contribution in [1.82, 2.24) is 0 Å². The van der Waals surface area contributed by atoms with Crippen molar-refractivity contribution in [2.75, 3.05) is 36.5 Å². The molecule has 1 saturated heterocycles. The van der Waals surface area contributed by atoms with Gasteiger partial charge in [-0.15, -0.1) is 0 Å². The van der Waals surface area contributed by atoms with Gasteiger partial charge in [-0.25, -0.2) is 0 Å². The van der Waals surface area contributed by atoms with E-state index in [2.05, 4.69) is 21.2 Å². The molecule has 0 amide bonds. The van der Waals surface area contributed by atoms with Crippen molar-refractivity contribution in [3.8, 4) is 0 Å². The van der Waals surface area contributed by atoms with Gasteiger partial charge in [-0.2, -0.15) is 0 Å². The molecule has 2 aromatic carbocycles. The second-order valence-corrected chi connectivity index (χ2v) is 7.38. The van der Waals surface area contributed by atoms with Gasteiger partial charge in [0.15, 0.2) is 11.3 Å². The van der Waals surface area contributed by atoms with Crippen molar-refractivity contribution in [2.24, 2.45) is 0 Å². The normalized spacial score (nSPS) is 14.5. The summed E-state index contributed by atoms with van der Waals surface area (Å²) < 4.78 is 12.4. The SMILES string of the molecule is [B]c1cccc(NCc2cc(Br)cc3c(=O)cc(N4CCOCC4)oc23)c1. The van der Waals surface area contributed by atoms with Crippen LogP contribution in [0.5, 0.6) is 0 Å². The highest BCUT2D eigenvalue weighted by molar-refractivity contribution is 9.10. The summed E-state index contributed by atoms with van der Waals surface area (Å²) in [4.78, 5) is 14.7. The lowest BCUT2D eigenvalue weighted by atomic mass is 9.96. The van der Waals surface area contributed by atoms with Crippen LogP contribution in [0.15, 0.2) is 56.1 Å². The summed E-state index contributed by atoms with van der Waals surface area (Å²) >= 11 is 3.50. The van der Waals surface area contributed by atoms with E-state index in [1.165, 1.54) is 0 Å². The number of hydrogen-bond donors (Lipinski definition) is 1. The Morgan fingerprint density at radius 2 is 1.96 bits per heavy atom. The molecule has 0 saturated carbocycles. The van der Waals surface area contributed by atoms with E-state index in [0.717, 1.165) is 15.7 Å². The zero-order valence-corrected chi connectivity index (χ0v) is 16.3. The third-order valence-corrected chi connectivity index (χ3v) is 5.01. The molecule has 27 heavy (non-hydrogen) atoms. The van der Waals surface area contributed by atoms with Crippen molar-refractivity contribution in [3.63, 3.8) is 0 Å². The van der Waals surface area contributed by atoms with Crippen molar-refractivity contribution in [2.45, 2.75) is 6.54 Å². The monoisotopic (exact) mass is 424 g/mol.